The molecule has 5 heteroatoms. The molecule has 0 saturated carbocycles. The quantitative estimate of drug-likeness (QED) is 0.785. The number of nitrogens with one attached hydrogen (secondary N) is 1. The van der Waals surface area contributed by atoms with Crippen LogP contribution in [0.3, 0.4) is 0 Å². The summed E-state index contributed by atoms with van der Waals surface area (Å²) in [5.41, 5.74) is 6.11. The summed E-state index contributed by atoms with van der Waals surface area (Å²) in [5, 5.41) is 2.34. The predicted molar refractivity (Wildman–Crippen MR) is 65.7 cm³/mol. The van der Waals surface area contributed by atoms with Gasteiger partial charge in [-0.15, -0.1) is 0 Å². The molecular formula is C13H16N2O3. The fourth-order valence-electron chi connectivity index (χ4n) is 1.81. The Kier molecular flexibility index (Phi) is 3.74. The molecule has 2 rings (SSSR count). The van der Waals surface area contributed by atoms with Crippen LogP contribution in [0.4, 0.5) is 0 Å². The monoisotopic (exact) mass is 248 g/mol. The maximum absolute atomic E-state index is 11.6. The second-order valence-corrected chi connectivity index (χ2v) is 4.67. The van der Waals surface area contributed by atoms with E-state index in [1.54, 1.807) is 0 Å². The minimum absolute atomic E-state index is 0.119. The second kappa shape index (κ2) is 5.29. The molecule has 5 nitrogen and oxygen atoms in total. The highest BCUT2D eigenvalue weighted by atomic mass is 16.5. The van der Waals surface area contributed by atoms with Gasteiger partial charge < -0.3 is 10.5 Å². The third kappa shape index (κ3) is 3.38. The molecule has 0 spiro atoms. The van der Waals surface area contributed by atoms with Crippen LogP contribution in [0, 0.1) is 0 Å². The van der Waals surface area contributed by atoms with E-state index in [-0.39, 0.29) is 24.7 Å². The Bertz CT molecular complexity index is 441. The fourth-order valence-corrected chi connectivity index (χ4v) is 1.81. The van der Waals surface area contributed by atoms with Gasteiger partial charge in [-0.2, -0.15) is 0 Å². The van der Waals surface area contributed by atoms with Crippen molar-refractivity contribution in [3.05, 3.63) is 35.9 Å². The lowest BCUT2D eigenvalue weighted by Crippen LogP contribution is -2.59. The Morgan fingerprint density at radius 2 is 1.89 bits per heavy atom. The number of nitrogens with two attached hydrogens (primary N) is 1. The van der Waals surface area contributed by atoms with Crippen molar-refractivity contribution in [2.45, 2.75) is 18.4 Å². The Morgan fingerprint density at radius 1 is 1.22 bits per heavy atom. The molecule has 1 heterocycles. The maximum atomic E-state index is 11.6. The van der Waals surface area contributed by atoms with Gasteiger partial charge in [-0.05, 0) is 5.56 Å². The van der Waals surface area contributed by atoms with Gasteiger partial charge in [0.05, 0.1) is 25.2 Å². The minimum Gasteiger partial charge on any atom is -0.377 e. The molecular weight excluding hydrogens is 232 g/mol. The van der Waals surface area contributed by atoms with Crippen molar-refractivity contribution < 1.29 is 14.3 Å². The maximum Gasteiger partial charge on any atom is 0.230 e. The molecule has 2 amide bonds. The number of benzene rings is 1. The molecule has 1 fully saturated rings. The Hall–Kier alpha value is -1.72. The number of carbonyl (C=O) groups excluding carboxylic acids is 2. The summed E-state index contributed by atoms with van der Waals surface area (Å²) in [4.78, 5) is 23.2. The molecule has 18 heavy (non-hydrogen) atoms. The highest BCUT2D eigenvalue weighted by molar-refractivity contribution is 5.96. The average Bonchev–Trinajstić information content (AvgIpc) is 2.27. The van der Waals surface area contributed by atoms with Gasteiger partial charge in [0.15, 0.2) is 0 Å². The minimum atomic E-state index is -0.600. The first-order chi connectivity index (χ1) is 8.57. The lowest BCUT2D eigenvalue weighted by atomic mass is 9.94. The molecule has 0 aromatic heterocycles. The summed E-state index contributed by atoms with van der Waals surface area (Å²) >= 11 is 0. The molecule has 96 valence electrons. The highest BCUT2D eigenvalue weighted by Gasteiger charge is 2.36. The third-order valence-corrected chi connectivity index (χ3v) is 2.78. The molecule has 1 saturated heterocycles. The number of imide groups is 1. The summed E-state index contributed by atoms with van der Waals surface area (Å²) in [5.74, 6) is -0.656. The van der Waals surface area contributed by atoms with Gasteiger partial charge in [-0.1, -0.05) is 30.3 Å². The van der Waals surface area contributed by atoms with Crippen molar-refractivity contribution in [3.8, 4) is 0 Å². The predicted octanol–water partition coefficient (Wildman–Crippen LogP) is -0.0103. The van der Waals surface area contributed by atoms with Gasteiger partial charge in [-0.25, -0.2) is 0 Å². The zero-order valence-electron chi connectivity index (χ0n) is 10.0. The third-order valence-electron chi connectivity index (χ3n) is 2.78. The van der Waals surface area contributed by atoms with Gasteiger partial charge in [0.1, 0.15) is 0 Å². The van der Waals surface area contributed by atoms with Crippen LogP contribution >= 0.6 is 0 Å². The van der Waals surface area contributed by atoms with Crippen molar-refractivity contribution in [1.29, 1.82) is 0 Å². The molecule has 1 aromatic rings. The van der Waals surface area contributed by atoms with Crippen molar-refractivity contribution in [2.75, 3.05) is 13.2 Å². The van der Waals surface area contributed by atoms with Crippen LogP contribution in [-0.4, -0.2) is 30.6 Å². The number of carbonyl (C=O) groups is 2. The Labute approximate surface area is 105 Å². The molecule has 1 aliphatic heterocycles. The summed E-state index contributed by atoms with van der Waals surface area (Å²) in [6, 6.07) is 9.26. The summed E-state index contributed by atoms with van der Waals surface area (Å²) in [7, 11) is 0. The van der Waals surface area contributed by atoms with Crippen molar-refractivity contribution in [2.24, 2.45) is 5.73 Å². The molecule has 0 bridgehead atoms. The standard InChI is InChI=1S/C13H16N2O3/c14-13(8-18-9-13)7-12(17)15-11(16)6-10-4-2-1-3-5-10/h1-5H,6-9,14H2,(H,15,16,17). The molecule has 0 radical (unpaired) electrons. The highest BCUT2D eigenvalue weighted by Crippen LogP contribution is 2.17. The van der Waals surface area contributed by atoms with Gasteiger partial charge in [0, 0.05) is 6.42 Å². The number of amides is 2. The van der Waals surface area contributed by atoms with Crippen LogP contribution < -0.4 is 11.1 Å². The van der Waals surface area contributed by atoms with Crippen LogP contribution in [0.5, 0.6) is 0 Å². The van der Waals surface area contributed by atoms with Crippen molar-refractivity contribution in [1.82, 2.24) is 5.32 Å². The van der Waals surface area contributed by atoms with E-state index in [1.165, 1.54) is 0 Å². The van der Waals surface area contributed by atoms with E-state index in [0.717, 1.165) is 5.56 Å². The first kappa shape index (κ1) is 12.7. The lowest BCUT2D eigenvalue weighted by molar-refractivity contribution is -0.134. The van der Waals surface area contributed by atoms with Crippen molar-refractivity contribution >= 4 is 11.8 Å². The van der Waals surface area contributed by atoms with Gasteiger partial charge in [-0.3, -0.25) is 14.9 Å². The van der Waals surface area contributed by atoms with Crippen molar-refractivity contribution in [3.63, 3.8) is 0 Å². The largest absolute Gasteiger partial charge is 0.377 e. The van der Waals surface area contributed by atoms with E-state index in [4.69, 9.17) is 10.5 Å². The van der Waals surface area contributed by atoms with E-state index >= 15 is 0 Å². The Morgan fingerprint density at radius 3 is 2.44 bits per heavy atom. The molecule has 1 aromatic carbocycles. The van der Waals surface area contributed by atoms with Gasteiger partial charge in [0.25, 0.3) is 0 Å². The summed E-state index contributed by atoms with van der Waals surface area (Å²) in [6.07, 6.45) is 0.314. The molecule has 0 atom stereocenters. The fraction of sp³-hybridized carbons (Fsp3) is 0.385. The van der Waals surface area contributed by atoms with Gasteiger partial charge >= 0.3 is 0 Å². The zero-order valence-corrected chi connectivity index (χ0v) is 10.0. The molecule has 0 unspecified atom stereocenters. The first-order valence-corrected chi connectivity index (χ1v) is 5.81. The Balaban J connectivity index is 1.79. The molecule has 1 aliphatic rings. The topological polar surface area (TPSA) is 81.4 Å². The SMILES string of the molecule is NC1(CC(=O)NC(=O)Cc2ccccc2)COC1. The van der Waals surface area contributed by atoms with Crippen LogP contribution in [0.2, 0.25) is 0 Å². The smallest absolute Gasteiger partial charge is 0.230 e. The van der Waals surface area contributed by atoms with Crippen LogP contribution in [-0.2, 0) is 20.7 Å². The van der Waals surface area contributed by atoms with E-state index in [1.807, 2.05) is 30.3 Å². The van der Waals surface area contributed by atoms with Crippen LogP contribution in [0.1, 0.15) is 12.0 Å². The summed E-state index contributed by atoms with van der Waals surface area (Å²) in [6.45, 7) is 0.737. The number of hydrogen-bond acceptors (Lipinski definition) is 4. The van der Waals surface area contributed by atoms with E-state index in [0.29, 0.717) is 13.2 Å². The van der Waals surface area contributed by atoms with E-state index < -0.39 is 5.54 Å². The average molecular weight is 248 g/mol. The molecule has 0 aliphatic carbocycles. The van der Waals surface area contributed by atoms with E-state index in [2.05, 4.69) is 5.32 Å². The van der Waals surface area contributed by atoms with Crippen LogP contribution in [0.25, 0.3) is 0 Å². The zero-order chi connectivity index (χ0) is 13.0. The van der Waals surface area contributed by atoms with Crippen LogP contribution in [0.15, 0.2) is 30.3 Å². The summed E-state index contributed by atoms with van der Waals surface area (Å²) < 4.78 is 4.95. The van der Waals surface area contributed by atoms with Gasteiger partial charge in [0.2, 0.25) is 11.8 Å². The normalized spacial score (nSPS) is 16.7. The lowest BCUT2D eigenvalue weighted by Gasteiger charge is -2.36. The first-order valence-electron chi connectivity index (χ1n) is 5.81. The number of ether oxygens (including phenoxy) is 1. The number of hydrogen-bond donors (Lipinski definition) is 2. The second-order valence-electron chi connectivity index (χ2n) is 4.67. The molecule has 3 N–H and O–H groups in total. The number of rotatable bonds is 4. The van der Waals surface area contributed by atoms with E-state index in [9.17, 15) is 9.59 Å².